The van der Waals surface area contributed by atoms with Gasteiger partial charge in [0.05, 0.1) is 5.69 Å². The summed E-state index contributed by atoms with van der Waals surface area (Å²) in [6, 6.07) is 0. The smallest absolute Gasteiger partial charge is 0.221 e. The molecule has 2 heterocycles. The molecule has 0 unspecified atom stereocenters. The lowest BCUT2D eigenvalue weighted by Crippen LogP contribution is -2.09. The van der Waals surface area contributed by atoms with Crippen LogP contribution in [0, 0.1) is 0 Å². The van der Waals surface area contributed by atoms with Gasteiger partial charge in [-0.15, -0.1) is 0 Å². The van der Waals surface area contributed by atoms with E-state index in [0.717, 1.165) is 19.3 Å². The molecule has 0 atom stereocenters. The Hall–Kier alpha value is -1.65. The van der Waals surface area contributed by atoms with Crippen LogP contribution in [0.3, 0.4) is 0 Å². The Morgan fingerprint density at radius 3 is 2.73 bits per heavy atom. The number of aromatic nitrogens is 1. The number of fused-ring (bicyclic) bond motifs is 1. The Morgan fingerprint density at radius 2 is 2.13 bits per heavy atom. The zero-order chi connectivity index (χ0) is 11.0. The van der Waals surface area contributed by atoms with Crippen LogP contribution >= 0.6 is 0 Å². The maximum absolute atomic E-state index is 10.9. The van der Waals surface area contributed by atoms with Gasteiger partial charge in [-0.1, -0.05) is 0 Å². The highest BCUT2D eigenvalue weighted by Gasteiger charge is 2.24. The molecule has 1 aliphatic rings. The van der Waals surface area contributed by atoms with Gasteiger partial charge in [-0.25, -0.2) is 0 Å². The maximum Gasteiger partial charge on any atom is 0.221 e. The fourth-order valence-electron chi connectivity index (χ4n) is 1.99. The van der Waals surface area contributed by atoms with E-state index in [2.05, 4.69) is 5.32 Å². The molecule has 0 aromatic carbocycles. The number of nitrogens with zero attached hydrogens (tertiary/aromatic N) is 1. The number of hydrogen-bond donors (Lipinski definition) is 3. The van der Waals surface area contributed by atoms with Gasteiger partial charge in [0, 0.05) is 13.5 Å². The van der Waals surface area contributed by atoms with Gasteiger partial charge in [-0.3, -0.25) is 4.79 Å². The van der Waals surface area contributed by atoms with Gasteiger partial charge in [0.15, 0.2) is 5.75 Å². The third-order valence-corrected chi connectivity index (χ3v) is 2.66. The molecule has 0 saturated heterocycles. The fraction of sp³-hybridized carbons (Fsp3) is 0.500. The molecule has 0 bridgehead atoms. The predicted molar refractivity (Wildman–Crippen MR) is 55.0 cm³/mol. The summed E-state index contributed by atoms with van der Waals surface area (Å²) in [6.07, 6.45) is 2.71. The van der Waals surface area contributed by atoms with E-state index in [0.29, 0.717) is 12.2 Å². The molecule has 0 radical (unpaired) electrons. The second-order valence-corrected chi connectivity index (χ2v) is 3.78. The summed E-state index contributed by atoms with van der Waals surface area (Å²) < 4.78 is 1.66. The average molecular weight is 210 g/mol. The van der Waals surface area contributed by atoms with E-state index in [1.54, 1.807) is 4.57 Å². The second kappa shape index (κ2) is 3.49. The summed E-state index contributed by atoms with van der Waals surface area (Å²) >= 11 is 0. The number of hydrogen-bond acceptors (Lipinski definition) is 3. The highest BCUT2D eigenvalue weighted by molar-refractivity contribution is 5.92. The van der Waals surface area contributed by atoms with Crippen molar-refractivity contribution in [2.24, 2.45) is 0 Å². The van der Waals surface area contributed by atoms with Gasteiger partial charge >= 0.3 is 0 Å². The van der Waals surface area contributed by atoms with Crippen LogP contribution in [-0.2, 0) is 17.8 Å². The summed E-state index contributed by atoms with van der Waals surface area (Å²) in [6.45, 7) is 2.03. The van der Waals surface area contributed by atoms with E-state index in [-0.39, 0.29) is 23.2 Å². The minimum atomic E-state index is -0.302. The number of carbonyl (C=O) groups is 1. The molecule has 5 heteroatoms. The number of nitrogens with one attached hydrogen (secondary N) is 1. The molecule has 1 aromatic rings. The molecule has 82 valence electrons. The first-order chi connectivity index (χ1) is 7.11. The molecule has 1 amide bonds. The van der Waals surface area contributed by atoms with E-state index in [1.807, 2.05) is 0 Å². The normalized spacial score (nSPS) is 14.7. The van der Waals surface area contributed by atoms with E-state index >= 15 is 0 Å². The zero-order valence-corrected chi connectivity index (χ0v) is 8.58. The van der Waals surface area contributed by atoms with E-state index in [4.69, 9.17) is 0 Å². The van der Waals surface area contributed by atoms with Crippen LogP contribution in [0.4, 0.5) is 5.69 Å². The lowest BCUT2D eigenvalue weighted by Gasteiger charge is -2.14. The number of aromatic hydroxyl groups is 2. The Bertz CT molecular complexity index is 380. The van der Waals surface area contributed by atoms with Gasteiger partial charge in [0.2, 0.25) is 11.8 Å². The van der Waals surface area contributed by atoms with Crippen molar-refractivity contribution in [2.45, 2.75) is 32.7 Å². The van der Waals surface area contributed by atoms with Gasteiger partial charge in [0.25, 0.3) is 0 Å². The molecule has 5 nitrogen and oxygen atoms in total. The van der Waals surface area contributed by atoms with Crippen molar-refractivity contribution in [2.75, 3.05) is 5.32 Å². The van der Waals surface area contributed by atoms with Crippen LogP contribution < -0.4 is 5.32 Å². The Balaban J connectivity index is 2.46. The van der Waals surface area contributed by atoms with E-state index in [9.17, 15) is 15.0 Å². The lowest BCUT2D eigenvalue weighted by atomic mass is 10.1. The summed E-state index contributed by atoms with van der Waals surface area (Å²) in [5.41, 5.74) is 0.849. The predicted octanol–water partition coefficient (Wildman–Crippen LogP) is 1.19. The minimum Gasteiger partial charge on any atom is -0.504 e. The van der Waals surface area contributed by atoms with Gasteiger partial charge in [-0.05, 0) is 19.3 Å². The van der Waals surface area contributed by atoms with Crippen LogP contribution in [0.1, 0.15) is 25.5 Å². The first-order valence-electron chi connectivity index (χ1n) is 5.02. The second-order valence-electron chi connectivity index (χ2n) is 3.78. The van der Waals surface area contributed by atoms with Crippen LogP contribution in [0.5, 0.6) is 11.6 Å². The Labute approximate surface area is 87.3 Å². The maximum atomic E-state index is 10.9. The number of anilines is 1. The van der Waals surface area contributed by atoms with Crippen LogP contribution in [-0.4, -0.2) is 20.7 Å². The van der Waals surface area contributed by atoms with Gasteiger partial charge in [-0.2, -0.15) is 0 Å². The minimum absolute atomic E-state index is 0.00222. The number of carbonyl (C=O) groups excluding carboxylic acids is 1. The zero-order valence-electron chi connectivity index (χ0n) is 8.58. The molecule has 15 heavy (non-hydrogen) atoms. The molecule has 0 fully saturated rings. The fourth-order valence-corrected chi connectivity index (χ4v) is 1.99. The first-order valence-corrected chi connectivity index (χ1v) is 5.02. The summed E-state index contributed by atoms with van der Waals surface area (Å²) in [7, 11) is 0. The molecule has 3 N–H and O–H groups in total. The largest absolute Gasteiger partial charge is 0.504 e. The quantitative estimate of drug-likeness (QED) is 0.651. The van der Waals surface area contributed by atoms with Crippen LogP contribution in [0.15, 0.2) is 0 Å². The van der Waals surface area contributed by atoms with Crippen molar-refractivity contribution >= 4 is 11.6 Å². The standard InChI is InChI=1S/C10H14N2O3/c1-6(13)11-8-9(14)7-4-2-3-5-12(7)10(8)15/h14-15H,2-5H2,1H3,(H,11,13). The summed E-state index contributed by atoms with van der Waals surface area (Å²) in [5.74, 6) is -0.344. The molecule has 0 aliphatic carbocycles. The molecule has 0 spiro atoms. The van der Waals surface area contributed by atoms with Crippen molar-refractivity contribution in [3.8, 4) is 11.6 Å². The Morgan fingerprint density at radius 1 is 1.40 bits per heavy atom. The third-order valence-electron chi connectivity index (χ3n) is 2.66. The lowest BCUT2D eigenvalue weighted by molar-refractivity contribution is -0.114. The van der Waals surface area contributed by atoms with Crippen molar-refractivity contribution in [1.29, 1.82) is 0 Å². The van der Waals surface area contributed by atoms with Crippen molar-refractivity contribution in [1.82, 2.24) is 4.57 Å². The van der Waals surface area contributed by atoms with E-state index in [1.165, 1.54) is 6.92 Å². The highest BCUT2D eigenvalue weighted by Crippen LogP contribution is 2.42. The highest BCUT2D eigenvalue weighted by atomic mass is 16.3. The topological polar surface area (TPSA) is 74.5 Å². The molecule has 2 rings (SSSR count). The van der Waals surface area contributed by atoms with Crippen LogP contribution in [0.2, 0.25) is 0 Å². The first kappa shape index (κ1) is 9.89. The number of amides is 1. The molecule has 0 saturated carbocycles. The Kier molecular flexibility index (Phi) is 2.30. The summed E-state index contributed by atoms with van der Waals surface area (Å²) in [4.78, 5) is 10.9. The molecular formula is C10H14N2O3. The SMILES string of the molecule is CC(=O)Nc1c(O)c2n(c1O)CCCC2. The third kappa shape index (κ3) is 1.54. The molecule has 1 aliphatic heterocycles. The average Bonchev–Trinajstić information content (AvgIpc) is 2.44. The van der Waals surface area contributed by atoms with Crippen molar-refractivity contribution < 1.29 is 15.0 Å². The molecular weight excluding hydrogens is 196 g/mol. The van der Waals surface area contributed by atoms with Crippen molar-refractivity contribution in [3.05, 3.63) is 5.69 Å². The van der Waals surface area contributed by atoms with Crippen LogP contribution in [0.25, 0.3) is 0 Å². The number of rotatable bonds is 1. The van der Waals surface area contributed by atoms with Crippen molar-refractivity contribution in [3.63, 3.8) is 0 Å². The van der Waals surface area contributed by atoms with E-state index < -0.39 is 0 Å². The van der Waals surface area contributed by atoms with Gasteiger partial charge < -0.3 is 20.1 Å². The monoisotopic (exact) mass is 210 g/mol. The molecule has 1 aromatic heterocycles. The summed E-state index contributed by atoms with van der Waals surface area (Å²) in [5, 5.41) is 22.0. The van der Waals surface area contributed by atoms with Gasteiger partial charge in [0.1, 0.15) is 5.69 Å².